The van der Waals surface area contributed by atoms with Gasteiger partial charge in [0.25, 0.3) is 0 Å². The summed E-state index contributed by atoms with van der Waals surface area (Å²) in [5.74, 6) is -0.737. The molecule has 1 N–H and O–H groups in total. The Hall–Kier alpha value is -2.20. The number of nitriles is 1. The number of nitrogens with one attached hydrogen (secondary N) is 1. The summed E-state index contributed by atoms with van der Waals surface area (Å²) in [6.45, 7) is 3.90. The highest BCUT2D eigenvalue weighted by atomic mass is 19.1. The molecule has 0 aliphatic heterocycles. The third-order valence-electron chi connectivity index (χ3n) is 2.47. The number of benzene rings is 1. The molecule has 0 fully saturated rings. The van der Waals surface area contributed by atoms with Crippen LogP contribution in [0.2, 0.25) is 0 Å². The third kappa shape index (κ3) is 4.82. The minimum absolute atomic E-state index is 0.0856. The van der Waals surface area contributed by atoms with Gasteiger partial charge in [0, 0.05) is 24.6 Å². The van der Waals surface area contributed by atoms with Gasteiger partial charge in [0.1, 0.15) is 5.82 Å². The molecule has 20 heavy (non-hydrogen) atoms. The molecule has 1 rings (SSSR count). The summed E-state index contributed by atoms with van der Waals surface area (Å²) in [7, 11) is 0. The van der Waals surface area contributed by atoms with Gasteiger partial charge in [-0.15, -0.1) is 0 Å². The van der Waals surface area contributed by atoms with Crippen molar-refractivity contribution in [2.24, 2.45) is 0 Å². The molecule has 0 saturated heterocycles. The zero-order valence-corrected chi connectivity index (χ0v) is 11.3. The van der Waals surface area contributed by atoms with E-state index in [9.17, 15) is 14.5 Å². The summed E-state index contributed by atoms with van der Waals surface area (Å²) in [4.78, 5) is 10.1. The fraction of sp³-hybridized carbons (Fsp3) is 0.462. The van der Waals surface area contributed by atoms with Crippen LogP contribution in [0.5, 0.6) is 5.75 Å². The van der Waals surface area contributed by atoms with Crippen molar-refractivity contribution in [3.8, 4) is 11.8 Å². The van der Waals surface area contributed by atoms with Crippen LogP contribution in [0.1, 0.15) is 20.3 Å². The predicted molar refractivity (Wildman–Crippen MR) is 70.8 cm³/mol. The highest BCUT2D eigenvalue weighted by Crippen LogP contribution is 2.27. The first-order valence-corrected chi connectivity index (χ1v) is 6.16. The van der Waals surface area contributed by atoms with Crippen molar-refractivity contribution in [1.29, 1.82) is 5.26 Å². The maximum absolute atomic E-state index is 13.1. The van der Waals surface area contributed by atoms with Gasteiger partial charge in [-0.3, -0.25) is 15.4 Å². The Bertz CT molecular complexity index is 514. The number of nitrogens with zero attached hydrogens (tertiary/aromatic N) is 2. The fourth-order valence-corrected chi connectivity index (χ4v) is 1.63. The van der Waals surface area contributed by atoms with E-state index in [1.807, 2.05) is 13.8 Å². The van der Waals surface area contributed by atoms with Crippen molar-refractivity contribution in [2.75, 3.05) is 6.61 Å². The SMILES string of the molecule is CC(C)NC(C#N)CCOc1cc(F)ccc1[N+](=O)[O-]. The Kier molecular flexibility index (Phi) is 5.87. The van der Waals surface area contributed by atoms with E-state index in [0.717, 1.165) is 18.2 Å². The average molecular weight is 281 g/mol. The quantitative estimate of drug-likeness (QED) is 0.612. The molecule has 0 saturated carbocycles. The molecule has 1 aromatic rings. The maximum Gasteiger partial charge on any atom is 0.311 e. The Morgan fingerprint density at radius 2 is 2.25 bits per heavy atom. The summed E-state index contributed by atoms with van der Waals surface area (Å²) in [5.41, 5.74) is -0.295. The molecule has 7 heteroatoms. The Labute approximate surface area is 116 Å². The van der Waals surface area contributed by atoms with E-state index in [4.69, 9.17) is 10.00 Å². The van der Waals surface area contributed by atoms with E-state index < -0.39 is 16.8 Å². The number of nitro benzene ring substituents is 1. The molecule has 0 aromatic heterocycles. The highest BCUT2D eigenvalue weighted by molar-refractivity contribution is 5.46. The lowest BCUT2D eigenvalue weighted by atomic mass is 10.2. The summed E-state index contributed by atoms with van der Waals surface area (Å²) >= 11 is 0. The van der Waals surface area contributed by atoms with Crippen LogP contribution in [0.4, 0.5) is 10.1 Å². The Balaban J connectivity index is 2.64. The maximum atomic E-state index is 13.1. The lowest BCUT2D eigenvalue weighted by molar-refractivity contribution is -0.385. The van der Waals surface area contributed by atoms with Crippen LogP contribution in [0, 0.1) is 27.3 Å². The summed E-state index contributed by atoms with van der Waals surface area (Å²) < 4.78 is 18.3. The van der Waals surface area contributed by atoms with Crippen LogP contribution >= 0.6 is 0 Å². The van der Waals surface area contributed by atoms with Crippen molar-refractivity contribution >= 4 is 5.69 Å². The minimum atomic E-state index is -0.636. The zero-order valence-electron chi connectivity index (χ0n) is 11.3. The minimum Gasteiger partial charge on any atom is -0.487 e. The van der Waals surface area contributed by atoms with Crippen molar-refractivity contribution in [1.82, 2.24) is 5.32 Å². The monoisotopic (exact) mass is 281 g/mol. The molecule has 0 amide bonds. The Morgan fingerprint density at radius 3 is 2.80 bits per heavy atom. The molecule has 0 spiro atoms. The van der Waals surface area contributed by atoms with Gasteiger partial charge in [-0.1, -0.05) is 0 Å². The lowest BCUT2D eigenvalue weighted by Crippen LogP contribution is -2.34. The first-order chi connectivity index (χ1) is 9.43. The summed E-state index contributed by atoms with van der Waals surface area (Å²) in [6, 6.07) is 4.82. The molecule has 1 aromatic carbocycles. The molecule has 1 unspecified atom stereocenters. The smallest absolute Gasteiger partial charge is 0.311 e. The highest BCUT2D eigenvalue weighted by Gasteiger charge is 2.16. The fourth-order valence-electron chi connectivity index (χ4n) is 1.63. The van der Waals surface area contributed by atoms with Crippen LogP contribution in [-0.4, -0.2) is 23.6 Å². The molecule has 0 radical (unpaired) electrons. The first kappa shape index (κ1) is 15.9. The first-order valence-electron chi connectivity index (χ1n) is 6.16. The number of halogens is 1. The van der Waals surface area contributed by atoms with Gasteiger partial charge in [0.2, 0.25) is 0 Å². The molecule has 0 heterocycles. The van der Waals surface area contributed by atoms with Gasteiger partial charge in [-0.2, -0.15) is 5.26 Å². The second-order valence-electron chi connectivity index (χ2n) is 4.51. The molecule has 0 aliphatic carbocycles. The van der Waals surface area contributed by atoms with Gasteiger partial charge in [0.05, 0.1) is 23.6 Å². The van der Waals surface area contributed by atoms with E-state index >= 15 is 0 Å². The molecule has 0 bridgehead atoms. The van der Waals surface area contributed by atoms with E-state index in [2.05, 4.69) is 11.4 Å². The van der Waals surface area contributed by atoms with Crippen LogP contribution in [0.15, 0.2) is 18.2 Å². The number of hydrogen-bond donors (Lipinski definition) is 1. The second-order valence-corrected chi connectivity index (χ2v) is 4.51. The summed E-state index contributed by atoms with van der Waals surface area (Å²) in [6.07, 6.45) is 0.350. The van der Waals surface area contributed by atoms with Gasteiger partial charge in [-0.05, 0) is 19.9 Å². The molecular weight excluding hydrogens is 265 g/mol. The van der Waals surface area contributed by atoms with Crippen LogP contribution in [-0.2, 0) is 0 Å². The van der Waals surface area contributed by atoms with Gasteiger partial charge >= 0.3 is 5.69 Å². The molecular formula is C13H16FN3O3. The van der Waals surface area contributed by atoms with Gasteiger partial charge < -0.3 is 4.74 Å². The van der Waals surface area contributed by atoms with Gasteiger partial charge in [0.15, 0.2) is 5.75 Å². The van der Waals surface area contributed by atoms with Crippen LogP contribution in [0.25, 0.3) is 0 Å². The van der Waals surface area contributed by atoms with Gasteiger partial charge in [-0.25, -0.2) is 4.39 Å². The van der Waals surface area contributed by atoms with Crippen molar-refractivity contribution in [2.45, 2.75) is 32.4 Å². The zero-order chi connectivity index (χ0) is 15.1. The average Bonchev–Trinajstić information content (AvgIpc) is 2.36. The molecule has 1 atom stereocenters. The largest absolute Gasteiger partial charge is 0.487 e. The Morgan fingerprint density at radius 1 is 1.55 bits per heavy atom. The standard InChI is InChI=1S/C13H16FN3O3/c1-9(2)16-11(8-15)5-6-20-13-7-10(14)3-4-12(13)17(18)19/h3-4,7,9,11,16H,5-6H2,1-2H3. The van der Waals surface area contributed by atoms with Crippen molar-refractivity contribution < 1.29 is 14.1 Å². The number of nitro groups is 1. The number of hydrogen-bond acceptors (Lipinski definition) is 5. The second kappa shape index (κ2) is 7.40. The molecule has 6 nitrogen and oxygen atoms in total. The van der Waals surface area contributed by atoms with E-state index in [1.165, 1.54) is 0 Å². The molecule has 108 valence electrons. The van der Waals surface area contributed by atoms with Crippen molar-refractivity contribution in [3.05, 3.63) is 34.1 Å². The predicted octanol–water partition coefficient (Wildman–Crippen LogP) is 2.39. The molecule has 0 aliphatic rings. The van der Waals surface area contributed by atoms with E-state index in [-0.39, 0.29) is 24.1 Å². The van der Waals surface area contributed by atoms with E-state index in [1.54, 1.807) is 0 Å². The van der Waals surface area contributed by atoms with E-state index in [0.29, 0.717) is 6.42 Å². The third-order valence-corrected chi connectivity index (χ3v) is 2.47. The lowest BCUT2D eigenvalue weighted by Gasteiger charge is -2.14. The number of ether oxygens (including phenoxy) is 1. The number of rotatable bonds is 7. The van der Waals surface area contributed by atoms with Crippen molar-refractivity contribution in [3.63, 3.8) is 0 Å². The van der Waals surface area contributed by atoms with Crippen LogP contribution in [0.3, 0.4) is 0 Å². The van der Waals surface area contributed by atoms with Crippen LogP contribution < -0.4 is 10.1 Å². The summed E-state index contributed by atoms with van der Waals surface area (Å²) in [5, 5.41) is 22.7. The topological polar surface area (TPSA) is 88.2 Å². The normalized spacial score (nSPS) is 11.9.